The van der Waals surface area contributed by atoms with Crippen molar-refractivity contribution in [3.63, 3.8) is 0 Å². The van der Waals surface area contributed by atoms with Crippen LogP contribution in [0.4, 0.5) is 0 Å². The highest BCUT2D eigenvalue weighted by molar-refractivity contribution is 9.10. The van der Waals surface area contributed by atoms with Crippen LogP contribution < -0.4 is 10.1 Å². The predicted octanol–water partition coefficient (Wildman–Crippen LogP) is 4.79. The number of ether oxygens (including phenoxy) is 1. The van der Waals surface area contributed by atoms with Crippen molar-refractivity contribution in [3.8, 4) is 5.75 Å². The summed E-state index contributed by atoms with van der Waals surface area (Å²) in [4.78, 5) is 27.3. The first kappa shape index (κ1) is 19.7. The van der Waals surface area contributed by atoms with E-state index in [0.717, 1.165) is 27.4 Å². The van der Waals surface area contributed by atoms with E-state index in [-0.39, 0.29) is 17.0 Å². The molecule has 0 radical (unpaired) electrons. The first-order chi connectivity index (χ1) is 12.9. The van der Waals surface area contributed by atoms with Gasteiger partial charge in [-0.3, -0.25) is 9.59 Å². The number of aliphatic imine (C=N–C) groups is 1. The zero-order valence-corrected chi connectivity index (χ0v) is 17.3. The molecule has 0 atom stereocenters. The molecule has 0 spiro atoms. The van der Waals surface area contributed by atoms with E-state index < -0.39 is 0 Å². The Morgan fingerprint density at radius 1 is 1.33 bits per heavy atom. The molecule has 27 heavy (non-hydrogen) atoms. The van der Waals surface area contributed by atoms with Crippen molar-refractivity contribution in [1.29, 1.82) is 0 Å². The molecule has 3 rings (SSSR count). The summed E-state index contributed by atoms with van der Waals surface area (Å²) in [5, 5.41) is 3.46. The number of halogens is 2. The number of nitrogens with zero attached hydrogens (tertiary/aromatic N) is 1. The standard InChI is InChI=1S/C19H14BrClN2O3S/c1-11(24)22-19-23-18(25)17(27-19)9-12-6-7-16(14(20)8-12)26-10-13-4-2-3-5-15(13)21/h2-9H,10H2,1H3,(H,22,23,24,25)/b17-9-. The van der Waals surface area contributed by atoms with Crippen LogP contribution in [0.5, 0.6) is 5.75 Å². The average molecular weight is 466 g/mol. The molecule has 0 bridgehead atoms. The van der Waals surface area contributed by atoms with Crippen LogP contribution in [-0.2, 0) is 16.2 Å². The quantitative estimate of drug-likeness (QED) is 0.659. The Morgan fingerprint density at radius 3 is 2.81 bits per heavy atom. The first-order valence-electron chi connectivity index (χ1n) is 7.88. The number of carbonyl (C=O) groups is 2. The number of amidine groups is 1. The van der Waals surface area contributed by atoms with Crippen molar-refractivity contribution in [2.45, 2.75) is 13.5 Å². The molecule has 0 unspecified atom stereocenters. The molecule has 2 aromatic rings. The van der Waals surface area contributed by atoms with E-state index in [1.807, 2.05) is 42.5 Å². The lowest BCUT2D eigenvalue weighted by Crippen LogP contribution is -2.23. The fourth-order valence-corrected chi connectivity index (χ4v) is 3.82. The topological polar surface area (TPSA) is 67.8 Å². The van der Waals surface area contributed by atoms with Crippen LogP contribution in [-0.4, -0.2) is 17.0 Å². The maximum absolute atomic E-state index is 11.9. The van der Waals surface area contributed by atoms with Gasteiger partial charge >= 0.3 is 0 Å². The number of carbonyl (C=O) groups excluding carboxylic acids is 2. The maximum Gasteiger partial charge on any atom is 0.286 e. The van der Waals surface area contributed by atoms with Crippen molar-refractivity contribution in [3.05, 3.63) is 68.0 Å². The second-order valence-electron chi connectivity index (χ2n) is 5.58. The maximum atomic E-state index is 11.9. The number of benzene rings is 2. The Bertz CT molecular complexity index is 975. The zero-order valence-electron chi connectivity index (χ0n) is 14.2. The average Bonchev–Trinajstić information content (AvgIpc) is 2.94. The van der Waals surface area contributed by atoms with Gasteiger partial charge in [0.2, 0.25) is 5.91 Å². The largest absolute Gasteiger partial charge is 0.488 e. The highest BCUT2D eigenvalue weighted by Gasteiger charge is 2.22. The molecule has 0 aliphatic carbocycles. The fraction of sp³-hybridized carbons (Fsp3) is 0.105. The summed E-state index contributed by atoms with van der Waals surface area (Å²) in [5.41, 5.74) is 1.70. The molecule has 1 aliphatic rings. The van der Waals surface area contributed by atoms with Crippen molar-refractivity contribution >= 4 is 62.4 Å². The Hall–Kier alpha value is -2.09. The van der Waals surface area contributed by atoms with Crippen LogP contribution >= 0.6 is 39.3 Å². The third-order valence-corrected chi connectivity index (χ3v) is 5.39. The fourth-order valence-electron chi connectivity index (χ4n) is 2.26. The molecule has 2 aromatic carbocycles. The molecule has 1 heterocycles. The van der Waals surface area contributed by atoms with Gasteiger partial charge in [0.25, 0.3) is 5.91 Å². The molecule has 0 fully saturated rings. The van der Waals surface area contributed by atoms with E-state index in [4.69, 9.17) is 16.3 Å². The molecule has 1 N–H and O–H groups in total. The summed E-state index contributed by atoms with van der Waals surface area (Å²) in [6, 6.07) is 13.0. The molecule has 8 heteroatoms. The van der Waals surface area contributed by atoms with Gasteiger partial charge in [-0.1, -0.05) is 35.9 Å². The van der Waals surface area contributed by atoms with E-state index >= 15 is 0 Å². The summed E-state index contributed by atoms with van der Waals surface area (Å²) >= 11 is 10.7. The number of rotatable bonds is 4. The van der Waals surface area contributed by atoms with Crippen LogP contribution in [0.2, 0.25) is 5.02 Å². The second-order valence-corrected chi connectivity index (χ2v) is 7.88. The number of hydrogen-bond donors (Lipinski definition) is 1. The van der Waals surface area contributed by atoms with Gasteiger partial charge < -0.3 is 10.1 Å². The van der Waals surface area contributed by atoms with Crippen molar-refractivity contribution < 1.29 is 14.3 Å². The normalized spacial score (nSPS) is 15.0. The lowest BCUT2D eigenvalue weighted by molar-refractivity contribution is -0.117. The molecule has 2 amide bonds. The van der Waals surface area contributed by atoms with Crippen LogP contribution in [0.25, 0.3) is 6.08 Å². The van der Waals surface area contributed by atoms with E-state index in [0.29, 0.717) is 22.3 Å². The van der Waals surface area contributed by atoms with Crippen LogP contribution in [0, 0.1) is 0 Å². The third-order valence-electron chi connectivity index (χ3n) is 3.50. The van der Waals surface area contributed by atoms with E-state index in [2.05, 4.69) is 26.2 Å². The van der Waals surface area contributed by atoms with Crippen molar-refractivity contribution in [1.82, 2.24) is 5.32 Å². The highest BCUT2D eigenvalue weighted by atomic mass is 79.9. The molecule has 0 saturated heterocycles. The second kappa shape index (κ2) is 8.73. The zero-order chi connectivity index (χ0) is 19.4. The monoisotopic (exact) mass is 464 g/mol. The molecule has 5 nitrogen and oxygen atoms in total. The summed E-state index contributed by atoms with van der Waals surface area (Å²) < 4.78 is 6.57. The summed E-state index contributed by atoms with van der Waals surface area (Å²) in [5.74, 6) is 0.0228. The minimum Gasteiger partial charge on any atom is -0.488 e. The van der Waals surface area contributed by atoms with Gasteiger partial charge in [-0.25, -0.2) is 0 Å². The Morgan fingerprint density at radius 2 is 2.11 bits per heavy atom. The highest BCUT2D eigenvalue weighted by Crippen LogP contribution is 2.31. The van der Waals surface area contributed by atoms with Gasteiger partial charge in [-0.2, -0.15) is 4.99 Å². The lowest BCUT2D eigenvalue weighted by Gasteiger charge is -2.10. The minimum atomic E-state index is -0.376. The van der Waals surface area contributed by atoms with Crippen LogP contribution in [0.3, 0.4) is 0 Å². The number of amides is 2. The van der Waals surface area contributed by atoms with E-state index in [1.165, 1.54) is 6.92 Å². The molecular formula is C19H14BrClN2O3S. The first-order valence-corrected chi connectivity index (χ1v) is 9.87. The van der Waals surface area contributed by atoms with Gasteiger partial charge in [0.05, 0.1) is 9.38 Å². The Kier molecular flexibility index (Phi) is 6.36. The summed E-state index contributed by atoms with van der Waals surface area (Å²) in [7, 11) is 0. The van der Waals surface area contributed by atoms with E-state index in [9.17, 15) is 9.59 Å². The Balaban J connectivity index is 1.69. The molecule has 0 aromatic heterocycles. The minimum absolute atomic E-state index is 0.266. The number of hydrogen-bond acceptors (Lipinski definition) is 4. The van der Waals surface area contributed by atoms with Gasteiger partial charge in [0.15, 0.2) is 5.17 Å². The SMILES string of the molecule is CC(=O)NC1=NC(=O)/C(=C/c2ccc(OCc3ccccc3Cl)c(Br)c2)S1. The molecule has 0 saturated carbocycles. The van der Waals surface area contributed by atoms with E-state index in [1.54, 1.807) is 6.08 Å². The van der Waals surface area contributed by atoms with Gasteiger partial charge in [-0.05, 0) is 57.5 Å². The molecule has 1 aliphatic heterocycles. The molecular weight excluding hydrogens is 452 g/mol. The smallest absolute Gasteiger partial charge is 0.286 e. The van der Waals surface area contributed by atoms with Crippen LogP contribution in [0.15, 0.2) is 56.8 Å². The number of nitrogens with one attached hydrogen (secondary N) is 1. The van der Waals surface area contributed by atoms with Crippen LogP contribution in [0.1, 0.15) is 18.1 Å². The summed E-state index contributed by atoms with van der Waals surface area (Å²) in [6.07, 6.45) is 1.72. The predicted molar refractivity (Wildman–Crippen MR) is 112 cm³/mol. The third kappa shape index (κ3) is 5.22. The lowest BCUT2D eigenvalue weighted by atomic mass is 10.2. The van der Waals surface area contributed by atoms with Gasteiger partial charge in [-0.15, -0.1) is 0 Å². The van der Waals surface area contributed by atoms with Crippen molar-refractivity contribution in [2.24, 2.45) is 4.99 Å². The van der Waals surface area contributed by atoms with Gasteiger partial charge in [0.1, 0.15) is 12.4 Å². The number of thioether (sulfide) groups is 1. The van der Waals surface area contributed by atoms with Gasteiger partial charge in [0, 0.05) is 17.5 Å². The van der Waals surface area contributed by atoms with Crippen molar-refractivity contribution in [2.75, 3.05) is 0 Å². The Labute approximate surface area is 174 Å². The summed E-state index contributed by atoms with van der Waals surface area (Å²) in [6.45, 7) is 1.72. The molecule has 138 valence electrons.